The van der Waals surface area contributed by atoms with Gasteiger partial charge in [0.25, 0.3) is 8.32 Å². The molecule has 0 atom stereocenters. The van der Waals surface area contributed by atoms with E-state index in [1.165, 1.54) is 10.4 Å². The van der Waals surface area contributed by atoms with Gasteiger partial charge in [0.2, 0.25) is 0 Å². The predicted octanol–water partition coefficient (Wildman–Crippen LogP) is 5.77. The maximum absolute atomic E-state index is 6.86. The van der Waals surface area contributed by atoms with Crippen LogP contribution in [-0.2, 0) is 61.0 Å². The van der Waals surface area contributed by atoms with E-state index in [-0.39, 0.29) is 10.1 Å². The van der Waals surface area contributed by atoms with Crippen molar-refractivity contribution in [2.75, 3.05) is 159 Å². The smallest absolute Gasteiger partial charge is 0.261 e. The van der Waals surface area contributed by atoms with Gasteiger partial charge in [-0.05, 0) is 33.5 Å². The van der Waals surface area contributed by atoms with Crippen LogP contribution in [-0.4, -0.2) is 175 Å². The Morgan fingerprint density at radius 3 is 0.721 bits per heavy atom. The van der Waals surface area contributed by atoms with Gasteiger partial charge in [0.1, 0.15) is 0 Å². The van der Waals surface area contributed by atoms with Gasteiger partial charge in [0.15, 0.2) is 8.32 Å². The molecular weight excluding hydrogens is 817 g/mol. The van der Waals surface area contributed by atoms with Crippen LogP contribution in [0.4, 0.5) is 0 Å². The fraction of sp³-hybridized carbons (Fsp3) is 0.739. The summed E-state index contributed by atoms with van der Waals surface area (Å²) in [7, 11) is -4.25. The van der Waals surface area contributed by atoms with Crippen molar-refractivity contribution in [3.8, 4) is 0 Å². The van der Waals surface area contributed by atoms with Crippen LogP contribution >= 0.6 is 0 Å². The standard InChI is InChI=1S/C46H82O13Si2/c1-45(2,3)60(7,8)58-41-39-56-37-35-54-33-31-52-29-27-50-25-23-48-21-19-47-20-22-49-24-26-51-28-30-53-32-34-55-36-38-57-40-42-59-61(46(4,5)6,43-15-11-9-12-16-43)44-17-13-10-14-18-44/h9-18H,19-42H2,1-8H3. The normalized spacial score (nSPS) is 12.7. The Labute approximate surface area is 370 Å². The molecule has 0 aliphatic rings. The third kappa shape index (κ3) is 24.9. The maximum atomic E-state index is 6.86. The lowest BCUT2D eigenvalue weighted by molar-refractivity contribution is -0.0280. The van der Waals surface area contributed by atoms with Crippen molar-refractivity contribution in [2.45, 2.75) is 64.7 Å². The van der Waals surface area contributed by atoms with Gasteiger partial charge in [-0.15, -0.1) is 0 Å². The Balaban J connectivity index is 1.26. The first kappa shape index (κ1) is 55.5. The zero-order valence-electron chi connectivity index (χ0n) is 39.1. The summed E-state index contributed by atoms with van der Waals surface area (Å²) >= 11 is 0. The molecule has 0 aromatic heterocycles. The summed E-state index contributed by atoms with van der Waals surface area (Å²) < 4.78 is 74.5. The second kappa shape index (κ2) is 33.8. The van der Waals surface area contributed by atoms with E-state index in [9.17, 15) is 0 Å². The van der Waals surface area contributed by atoms with Gasteiger partial charge in [0, 0.05) is 0 Å². The van der Waals surface area contributed by atoms with Crippen LogP contribution in [0.3, 0.4) is 0 Å². The van der Waals surface area contributed by atoms with Crippen molar-refractivity contribution < 1.29 is 61.0 Å². The number of hydrogen-bond donors (Lipinski definition) is 0. The Morgan fingerprint density at radius 1 is 0.295 bits per heavy atom. The molecule has 0 aliphatic carbocycles. The molecule has 61 heavy (non-hydrogen) atoms. The summed E-state index contributed by atoms with van der Waals surface area (Å²) in [5.41, 5.74) is 0. The molecule has 0 saturated carbocycles. The molecule has 0 heterocycles. The third-order valence-electron chi connectivity index (χ3n) is 10.2. The fourth-order valence-electron chi connectivity index (χ4n) is 5.89. The molecule has 0 spiro atoms. The fourth-order valence-corrected chi connectivity index (χ4v) is 11.5. The van der Waals surface area contributed by atoms with Crippen molar-refractivity contribution in [3.63, 3.8) is 0 Å². The van der Waals surface area contributed by atoms with Crippen LogP contribution in [0.5, 0.6) is 0 Å². The van der Waals surface area contributed by atoms with Gasteiger partial charge in [-0.1, -0.05) is 102 Å². The largest absolute Gasteiger partial charge is 0.414 e. The van der Waals surface area contributed by atoms with E-state index in [0.29, 0.717) is 159 Å². The first-order valence-corrected chi connectivity index (χ1v) is 27.0. The van der Waals surface area contributed by atoms with Crippen molar-refractivity contribution in [3.05, 3.63) is 60.7 Å². The van der Waals surface area contributed by atoms with Gasteiger partial charge >= 0.3 is 0 Å². The summed E-state index contributed by atoms with van der Waals surface area (Å²) in [6.07, 6.45) is 0. The maximum Gasteiger partial charge on any atom is 0.261 e. The van der Waals surface area contributed by atoms with Crippen molar-refractivity contribution >= 4 is 27.0 Å². The average Bonchev–Trinajstić information content (AvgIpc) is 3.23. The second-order valence-corrected chi connectivity index (χ2v) is 26.0. The zero-order valence-corrected chi connectivity index (χ0v) is 41.1. The molecule has 352 valence electrons. The lowest BCUT2D eigenvalue weighted by Gasteiger charge is -2.43. The molecular formula is C46H82O13Si2. The van der Waals surface area contributed by atoms with E-state index in [4.69, 9.17) is 61.0 Å². The molecule has 0 fully saturated rings. The van der Waals surface area contributed by atoms with E-state index in [0.717, 1.165) is 0 Å². The minimum atomic E-state index is -2.54. The lowest BCUT2D eigenvalue weighted by atomic mass is 10.2. The molecule has 0 bridgehead atoms. The van der Waals surface area contributed by atoms with E-state index in [2.05, 4.69) is 115 Å². The highest BCUT2D eigenvalue weighted by atomic mass is 28.4. The van der Waals surface area contributed by atoms with E-state index < -0.39 is 16.6 Å². The van der Waals surface area contributed by atoms with Gasteiger partial charge < -0.3 is 61.0 Å². The highest BCUT2D eigenvalue weighted by molar-refractivity contribution is 6.99. The average molecular weight is 899 g/mol. The molecule has 2 aromatic carbocycles. The van der Waals surface area contributed by atoms with Crippen LogP contribution in [0.1, 0.15) is 41.5 Å². The minimum absolute atomic E-state index is 0.0587. The zero-order chi connectivity index (χ0) is 44.4. The molecule has 0 radical (unpaired) electrons. The number of hydrogen-bond acceptors (Lipinski definition) is 13. The first-order valence-electron chi connectivity index (χ1n) is 22.2. The summed E-state index contributed by atoms with van der Waals surface area (Å²) in [4.78, 5) is 0. The molecule has 2 aromatic rings. The summed E-state index contributed by atoms with van der Waals surface area (Å²) in [5, 5.41) is 2.69. The molecule has 0 aliphatic heterocycles. The van der Waals surface area contributed by atoms with E-state index >= 15 is 0 Å². The van der Waals surface area contributed by atoms with Gasteiger partial charge in [-0.2, -0.15) is 0 Å². The molecule has 0 N–H and O–H groups in total. The third-order valence-corrected chi connectivity index (χ3v) is 19.8. The monoisotopic (exact) mass is 899 g/mol. The van der Waals surface area contributed by atoms with E-state index in [1.807, 2.05) is 0 Å². The molecule has 13 nitrogen and oxygen atoms in total. The Hall–Kier alpha value is -1.65. The topological polar surface area (TPSA) is 120 Å². The summed E-state index contributed by atoms with van der Waals surface area (Å²) in [6.45, 7) is 30.5. The highest BCUT2D eigenvalue weighted by Gasteiger charge is 2.50. The Kier molecular flexibility index (Phi) is 30.7. The van der Waals surface area contributed by atoms with Gasteiger partial charge in [-0.3, -0.25) is 0 Å². The number of ether oxygens (including phenoxy) is 11. The predicted molar refractivity (Wildman–Crippen MR) is 246 cm³/mol. The van der Waals surface area contributed by atoms with Gasteiger partial charge in [0.05, 0.1) is 159 Å². The van der Waals surface area contributed by atoms with Crippen LogP contribution in [0.25, 0.3) is 0 Å². The van der Waals surface area contributed by atoms with Crippen molar-refractivity contribution in [1.29, 1.82) is 0 Å². The minimum Gasteiger partial charge on any atom is -0.414 e. The quantitative estimate of drug-likeness (QED) is 0.0596. The van der Waals surface area contributed by atoms with Crippen LogP contribution in [0, 0.1) is 0 Å². The van der Waals surface area contributed by atoms with E-state index in [1.54, 1.807) is 0 Å². The first-order chi connectivity index (χ1) is 29.4. The van der Waals surface area contributed by atoms with Crippen LogP contribution < -0.4 is 10.4 Å². The Morgan fingerprint density at radius 2 is 0.508 bits per heavy atom. The summed E-state index contributed by atoms with van der Waals surface area (Å²) in [6, 6.07) is 21.3. The lowest BCUT2D eigenvalue weighted by Crippen LogP contribution is -2.66. The van der Waals surface area contributed by atoms with Crippen molar-refractivity contribution in [1.82, 2.24) is 0 Å². The molecule has 2 rings (SSSR count). The SMILES string of the molecule is CC(C)(C)[Si](C)(C)OCCOCCOCCOCCOCCOCCOCCOCCOCCOCCOCCOCCO[Si](c1ccccc1)(c1ccccc1)C(C)(C)C. The summed E-state index contributed by atoms with van der Waals surface area (Å²) in [5.74, 6) is 0. The Bertz CT molecular complexity index is 1240. The second-order valence-electron chi connectivity index (χ2n) is 16.9. The van der Waals surface area contributed by atoms with Crippen LogP contribution in [0.2, 0.25) is 23.2 Å². The number of benzene rings is 2. The van der Waals surface area contributed by atoms with Crippen molar-refractivity contribution in [2.24, 2.45) is 0 Å². The molecule has 0 amide bonds. The molecule has 0 saturated heterocycles. The highest BCUT2D eigenvalue weighted by Crippen LogP contribution is 2.37. The van der Waals surface area contributed by atoms with Gasteiger partial charge in [-0.25, -0.2) is 0 Å². The van der Waals surface area contributed by atoms with Crippen LogP contribution in [0.15, 0.2) is 60.7 Å². The molecule has 0 unspecified atom stereocenters. The molecule has 15 heteroatoms. The number of rotatable bonds is 40.